The van der Waals surface area contributed by atoms with Crippen molar-refractivity contribution >= 4 is 48.2 Å². The van der Waals surface area contributed by atoms with Crippen molar-refractivity contribution in [3.63, 3.8) is 0 Å². The Morgan fingerprint density at radius 2 is 2.21 bits per heavy atom. The zero-order valence-electron chi connectivity index (χ0n) is 9.79. The zero-order chi connectivity index (χ0) is 14.0. The van der Waals surface area contributed by atoms with E-state index >= 15 is 0 Å². The number of hydrogen-bond donors (Lipinski definition) is 2. The molecular formula is C9H10BrN5O2S2. The fraction of sp³-hybridized carbons (Fsp3) is 0.222. The summed E-state index contributed by atoms with van der Waals surface area (Å²) in [6.07, 6.45) is 2.12. The molecule has 0 saturated heterocycles. The first-order valence-corrected chi connectivity index (χ1v) is 8.28. The highest BCUT2D eigenvalue weighted by Gasteiger charge is 2.20. The van der Waals surface area contributed by atoms with Gasteiger partial charge in [-0.15, -0.1) is 10.2 Å². The van der Waals surface area contributed by atoms with Crippen LogP contribution in [0, 0.1) is 0 Å². The smallest absolute Gasteiger partial charge is 0.267 e. The van der Waals surface area contributed by atoms with Crippen molar-refractivity contribution in [3.8, 4) is 0 Å². The van der Waals surface area contributed by atoms with Gasteiger partial charge in [0.25, 0.3) is 10.0 Å². The highest BCUT2D eigenvalue weighted by Crippen LogP contribution is 2.24. The fourth-order valence-corrected chi connectivity index (χ4v) is 3.75. The number of rotatable bonds is 4. The second-order valence-electron chi connectivity index (χ2n) is 3.50. The molecule has 0 aliphatic carbocycles. The Balaban J connectivity index is 2.34. The van der Waals surface area contributed by atoms with Crippen molar-refractivity contribution in [1.29, 1.82) is 0 Å². The van der Waals surface area contributed by atoms with Crippen molar-refractivity contribution < 1.29 is 8.42 Å². The molecule has 2 rings (SSSR count). The van der Waals surface area contributed by atoms with E-state index in [0.717, 1.165) is 5.01 Å². The molecule has 0 aliphatic rings. The van der Waals surface area contributed by atoms with Crippen molar-refractivity contribution in [1.82, 2.24) is 15.2 Å². The molecule has 3 N–H and O–H groups in total. The van der Waals surface area contributed by atoms with Crippen molar-refractivity contribution in [2.24, 2.45) is 0 Å². The summed E-state index contributed by atoms with van der Waals surface area (Å²) in [7, 11) is -3.82. The Morgan fingerprint density at radius 1 is 1.47 bits per heavy atom. The maximum absolute atomic E-state index is 12.2. The van der Waals surface area contributed by atoms with Gasteiger partial charge in [0.05, 0.1) is 0 Å². The summed E-state index contributed by atoms with van der Waals surface area (Å²) >= 11 is 4.33. The number of anilines is 2. The maximum Gasteiger partial charge on any atom is 0.267 e. The Hall–Kier alpha value is -1.26. The highest BCUT2D eigenvalue weighted by atomic mass is 79.9. The third kappa shape index (κ3) is 3.19. The average Bonchev–Trinajstić information content (AvgIpc) is 2.79. The van der Waals surface area contributed by atoms with Crippen molar-refractivity contribution in [2.45, 2.75) is 18.2 Å². The van der Waals surface area contributed by atoms with Crippen LogP contribution in [0.3, 0.4) is 0 Å². The monoisotopic (exact) mass is 363 g/mol. The summed E-state index contributed by atoms with van der Waals surface area (Å²) in [5.74, 6) is -0.0732. The van der Waals surface area contributed by atoms with Crippen LogP contribution < -0.4 is 10.5 Å². The molecule has 0 fully saturated rings. The van der Waals surface area contributed by atoms with Crippen LogP contribution in [0.5, 0.6) is 0 Å². The molecule has 0 aromatic carbocycles. The molecular weight excluding hydrogens is 354 g/mol. The first-order chi connectivity index (χ1) is 8.92. The number of aryl methyl sites for hydroxylation is 1. The molecule has 0 radical (unpaired) electrons. The van der Waals surface area contributed by atoms with Gasteiger partial charge in [-0.05, 0) is 28.4 Å². The number of nitrogens with two attached hydrogens (primary N) is 1. The van der Waals surface area contributed by atoms with E-state index in [2.05, 4.69) is 35.8 Å². The number of nitrogens with one attached hydrogen (secondary N) is 1. The van der Waals surface area contributed by atoms with Crippen LogP contribution in [0.4, 0.5) is 10.9 Å². The lowest BCUT2D eigenvalue weighted by Crippen LogP contribution is -2.15. The molecule has 7 nitrogen and oxygen atoms in total. The van der Waals surface area contributed by atoms with Crippen LogP contribution >= 0.6 is 27.3 Å². The molecule has 102 valence electrons. The molecule has 0 atom stereocenters. The van der Waals surface area contributed by atoms with E-state index in [1.165, 1.54) is 23.6 Å². The van der Waals surface area contributed by atoms with Gasteiger partial charge < -0.3 is 5.73 Å². The largest absolute Gasteiger partial charge is 0.383 e. The second kappa shape index (κ2) is 5.39. The third-order valence-electron chi connectivity index (χ3n) is 2.13. The number of hydrogen-bond acceptors (Lipinski definition) is 7. The predicted molar refractivity (Wildman–Crippen MR) is 76.4 cm³/mol. The number of nitrogen functional groups attached to an aromatic ring is 1. The summed E-state index contributed by atoms with van der Waals surface area (Å²) in [4.78, 5) is 3.69. The van der Waals surface area contributed by atoms with E-state index in [1.54, 1.807) is 0 Å². The van der Waals surface area contributed by atoms with Gasteiger partial charge in [0, 0.05) is 10.7 Å². The van der Waals surface area contributed by atoms with Gasteiger partial charge in [-0.1, -0.05) is 18.3 Å². The maximum atomic E-state index is 12.2. The molecule has 2 aromatic heterocycles. The summed E-state index contributed by atoms with van der Waals surface area (Å²) in [5.41, 5.74) is 5.58. The van der Waals surface area contributed by atoms with E-state index in [9.17, 15) is 8.42 Å². The lowest BCUT2D eigenvalue weighted by atomic mass is 10.5. The average molecular weight is 364 g/mol. The molecule has 0 spiro atoms. The first-order valence-electron chi connectivity index (χ1n) is 5.18. The number of nitrogens with zero attached hydrogens (tertiary/aromatic N) is 3. The minimum Gasteiger partial charge on any atom is -0.383 e. The second-order valence-corrected chi connectivity index (χ2v) is 7.13. The van der Waals surface area contributed by atoms with E-state index in [0.29, 0.717) is 10.9 Å². The summed E-state index contributed by atoms with van der Waals surface area (Å²) in [6.45, 7) is 1.91. The molecule has 10 heteroatoms. The van der Waals surface area contributed by atoms with Gasteiger partial charge in [-0.2, -0.15) is 0 Å². The van der Waals surface area contributed by atoms with Gasteiger partial charge in [-0.3, -0.25) is 4.72 Å². The molecule has 2 heterocycles. The molecule has 0 bridgehead atoms. The topological polar surface area (TPSA) is 111 Å². The van der Waals surface area contributed by atoms with Crippen molar-refractivity contribution in [3.05, 3.63) is 21.7 Å². The lowest BCUT2D eigenvalue weighted by Gasteiger charge is -2.07. The standard InChI is InChI=1S/C9H10BrN5O2S2/c1-2-7-13-14-9(18-7)15-19(16,17)6-3-5(10)4-12-8(6)11/h3-4H,2H2,1H3,(H2,11,12)(H,14,15). The van der Waals surface area contributed by atoms with Crippen LogP contribution in [0.2, 0.25) is 0 Å². The van der Waals surface area contributed by atoms with E-state index < -0.39 is 10.0 Å². The quantitative estimate of drug-likeness (QED) is 0.853. The summed E-state index contributed by atoms with van der Waals surface area (Å²) < 4.78 is 27.2. The number of sulfonamides is 1. The molecule has 0 saturated carbocycles. The van der Waals surface area contributed by atoms with Crippen LogP contribution in [0.25, 0.3) is 0 Å². The summed E-state index contributed by atoms with van der Waals surface area (Å²) in [6, 6.07) is 1.38. The van der Waals surface area contributed by atoms with E-state index in [-0.39, 0.29) is 15.8 Å². The first kappa shape index (κ1) is 14.2. The van der Waals surface area contributed by atoms with Gasteiger partial charge in [-0.25, -0.2) is 13.4 Å². The Morgan fingerprint density at radius 3 is 2.84 bits per heavy atom. The van der Waals surface area contributed by atoms with Crippen LogP contribution in [-0.4, -0.2) is 23.6 Å². The molecule has 0 aliphatic heterocycles. The van der Waals surface area contributed by atoms with Crippen LogP contribution in [-0.2, 0) is 16.4 Å². The molecule has 0 amide bonds. The van der Waals surface area contributed by atoms with Gasteiger partial charge in [0.1, 0.15) is 15.7 Å². The zero-order valence-corrected chi connectivity index (χ0v) is 13.0. The Bertz CT molecular complexity index is 700. The Labute approximate surface area is 122 Å². The lowest BCUT2D eigenvalue weighted by molar-refractivity contribution is 0.601. The molecule has 19 heavy (non-hydrogen) atoms. The van der Waals surface area contributed by atoms with E-state index in [1.807, 2.05) is 6.92 Å². The van der Waals surface area contributed by atoms with Crippen LogP contribution in [0.15, 0.2) is 21.6 Å². The third-order valence-corrected chi connectivity index (χ3v) is 5.04. The van der Waals surface area contributed by atoms with E-state index in [4.69, 9.17) is 5.73 Å². The van der Waals surface area contributed by atoms with Gasteiger partial charge in [0.2, 0.25) is 5.13 Å². The number of halogens is 1. The molecule has 2 aromatic rings. The normalized spacial score (nSPS) is 11.5. The SMILES string of the molecule is CCc1nnc(NS(=O)(=O)c2cc(Br)cnc2N)s1. The van der Waals surface area contributed by atoms with Crippen molar-refractivity contribution in [2.75, 3.05) is 10.5 Å². The van der Waals surface area contributed by atoms with Gasteiger partial charge in [0.15, 0.2) is 0 Å². The minimum absolute atomic E-state index is 0.0732. The highest BCUT2D eigenvalue weighted by molar-refractivity contribution is 9.10. The Kier molecular flexibility index (Phi) is 4.02. The summed E-state index contributed by atoms with van der Waals surface area (Å²) in [5, 5.41) is 8.55. The number of aromatic nitrogens is 3. The number of pyridine rings is 1. The van der Waals surface area contributed by atoms with Gasteiger partial charge >= 0.3 is 0 Å². The predicted octanol–water partition coefficient (Wildman–Crippen LogP) is 1.64. The molecule has 0 unspecified atom stereocenters. The van der Waals surface area contributed by atoms with Crippen LogP contribution in [0.1, 0.15) is 11.9 Å². The fourth-order valence-electron chi connectivity index (χ4n) is 1.25. The minimum atomic E-state index is -3.82.